The van der Waals surface area contributed by atoms with E-state index < -0.39 is 11.7 Å². The highest BCUT2D eigenvalue weighted by atomic mass is 79.9. The van der Waals surface area contributed by atoms with E-state index >= 15 is 0 Å². The molecule has 0 radical (unpaired) electrons. The summed E-state index contributed by atoms with van der Waals surface area (Å²) in [6, 6.07) is 17.1. The number of hydrogen-bond donors (Lipinski definition) is 2. The number of hydrogen-bond acceptors (Lipinski definition) is 4. The summed E-state index contributed by atoms with van der Waals surface area (Å²) in [6.45, 7) is 0. The van der Waals surface area contributed by atoms with E-state index in [1.807, 2.05) is 36.4 Å². The number of thiazole rings is 1. The first-order valence-electron chi connectivity index (χ1n) is 8.63. The molecule has 1 amide bonds. The first-order valence-corrected chi connectivity index (χ1v) is 11.4. The van der Waals surface area contributed by atoms with Gasteiger partial charge in [0.25, 0.3) is 5.91 Å². The van der Waals surface area contributed by atoms with Crippen LogP contribution in [0.15, 0.2) is 69.6 Å². The molecule has 0 atom stereocenters. The minimum Gasteiger partial charge on any atom is -0.331 e. The number of halogens is 3. The summed E-state index contributed by atoms with van der Waals surface area (Å²) in [5, 5.41) is 6.55. The van der Waals surface area contributed by atoms with Gasteiger partial charge in [0.05, 0.1) is 15.9 Å². The van der Waals surface area contributed by atoms with E-state index in [1.54, 1.807) is 11.3 Å². The first-order chi connectivity index (χ1) is 14.4. The van der Waals surface area contributed by atoms with Gasteiger partial charge < -0.3 is 5.32 Å². The van der Waals surface area contributed by atoms with Gasteiger partial charge in [-0.05, 0) is 70.6 Å². The standard InChI is InChI=1S/C21H12Br2FN3OS2/c22-12-9-14(20-25-16-6-1-2-7-17(16)30-20)18(15(23)10-12)26-21(29)27-19(28)11-4-3-5-13(24)8-11/h1-10H,(H2,26,27,28,29). The zero-order valence-corrected chi connectivity index (χ0v) is 19.9. The van der Waals surface area contributed by atoms with Gasteiger partial charge >= 0.3 is 0 Å². The van der Waals surface area contributed by atoms with Crippen molar-refractivity contribution < 1.29 is 9.18 Å². The van der Waals surface area contributed by atoms with Crippen LogP contribution in [0.3, 0.4) is 0 Å². The fourth-order valence-corrected chi connectivity index (χ4v) is 5.31. The molecule has 4 nitrogen and oxygen atoms in total. The highest BCUT2D eigenvalue weighted by molar-refractivity contribution is 9.11. The van der Waals surface area contributed by atoms with E-state index in [-0.39, 0.29) is 10.7 Å². The minimum absolute atomic E-state index is 0.0923. The van der Waals surface area contributed by atoms with Crippen molar-refractivity contribution in [3.8, 4) is 10.6 Å². The molecule has 0 bridgehead atoms. The second-order valence-corrected chi connectivity index (χ2v) is 9.42. The maximum atomic E-state index is 13.4. The van der Waals surface area contributed by atoms with Gasteiger partial charge in [-0.3, -0.25) is 10.1 Å². The number of nitrogens with zero attached hydrogens (tertiary/aromatic N) is 1. The fraction of sp³-hybridized carbons (Fsp3) is 0. The average molecular weight is 565 g/mol. The summed E-state index contributed by atoms with van der Waals surface area (Å²) in [4.78, 5) is 17.1. The van der Waals surface area contributed by atoms with Crippen LogP contribution in [0.2, 0.25) is 0 Å². The molecule has 0 aliphatic rings. The van der Waals surface area contributed by atoms with Gasteiger partial charge in [0.2, 0.25) is 0 Å². The molecule has 0 spiro atoms. The summed E-state index contributed by atoms with van der Waals surface area (Å²) in [6.07, 6.45) is 0. The topological polar surface area (TPSA) is 54.0 Å². The maximum Gasteiger partial charge on any atom is 0.257 e. The molecular formula is C21H12Br2FN3OS2. The molecule has 0 saturated heterocycles. The SMILES string of the molecule is O=C(NC(=S)Nc1c(Br)cc(Br)cc1-c1nc2ccccc2s1)c1cccc(F)c1. The molecule has 4 rings (SSSR count). The molecule has 9 heteroatoms. The summed E-state index contributed by atoms with van der Waals surface area (Å²) in [5.41, 5.74) is 2.57. The lowest BCUT2D eigenvalue weighted by molar-refractivity contribution is 0.0977. The van der Waals surface area contributed by atoms with Gasteiger partial charge in [-0.1, -0.05) is 34.1 Å². The molecule has 3 aromatic carbocycles. The maximum absolute atomic E-state index is 13.4. The Morgan fingerprint density at radius 3 is 2.63 bits per heavy atom. The van der Waals surface area contributed by atoms with Gasteiger partial charge in [-0.25, -0.2) is 9.37 Å². The van der Waals surface area contributed by atoms with Crippen molar-refractivity contribution in [2.75, 3.05) is 5.32 Å². The van der Waals surface area contributed by atoms with E-state index in [9.17, 15) is 9.18 Å². The van der Waals surface area contributed by atoms with Crippen molar-refractivity contribution in [1.29, 1.82) is 0 Å². The number of thiocarbonyl (C=S) groups is 1. The Morgan fingerprint density at radius 1 is 1.07 bits per heavy atom. The van der Waals surface area contributed by atoms with E-state index in [0.717, 1.165) is 35.8 Å². The van der Waals surface area contributed by atoms with E-state index in [4.69, 9.17) is 17.2 Å². The molecule has 2 N–H and O–H groups in total. The molecule has 0 aliphatic carbocycles. The van der Waals surface area contributed by atoms with Crippen LogP contribution in [0.25, 0.3) is 20.8 Å². The largest absolute Gasteiger partial charge is 0.331 e. The third-order valence-electron chi connectivity index (χ3n) is 4.13. The van der Waals surface area contributed by atoms with E-state index in [1.165, 1.54) is 18.2 Å². The number of carbonyl (C=O) groups excluding carboxylic acids is 1. The second kappa shape index (κ2) is 8.89. The molecular weight excluding hydrogens is 553 g/mol. The number of nitrogens with one attached hydrogen (secondary N) is 2. The Kier molecular flexibility index (Phi) is 6.24. The Morgan fingerprint density at radius 2 is 1.87 bits per heavy atom. The van der Waals surface area contributed by atoms with Crippen LogP contribution in [0.1, 0.15) is 10.4 Å². The van der Waals surface area contributed by atoms with Crippen molar-refractivity contribution in [2.45, 2.75) is 0 Å². The second-order valence-electron chi connectivity index (χ2n) is 6.22. The van der Waals surface area contributed by atoms with Crippen LogP contribution in [0.4, 0.5) is 10.1 Å². The summed E-state index contributed by atoms with van der Waals surface area (Å²) >= 11 is 13.9. The Hall–Kier alpha value is -2.20. The molecule has 0 saturated carbocycles. The molecule has 0 fully saturated rings. The van der Waals surface area contributed by atoms with Crippen molar-refractivity contribution in [1.82, 2.24) is 10.3 Å². The molecule has 0 unspecified atom stereocenters. The van der Waals surface area contributed by atoms with Crippen LogP contribution in [-0.4, -0.2) is 16.0 Å². The normalized spacial score (nSPS) is 10.8. The van der Waals surface area contributed by atoms with Crippen molar-refractivity contribution in [3.63, 3.8) is 0 Å². The number of fused-ring (bicyclic) bond motifs is 1. The van der Waals surface area contributed by atoms with Crippen LogP contribution >= 0.6 is 55.4 Å². The van der Waals surface area contributed by atoms with Crippen LogP contribution in [0.5, 0.6) is 0 Å². The smallest absolute Gasteiger partial charge is 0.257 e. The third-order valence-corrected chi connectivity index (χ3v) is 6.49. The third kappa shape index (κ3) is 4.59. The number of benzene rings is 3. The molecule has 1 heterocycles. The molecule has 4 aromatic rings. The Balaban J connectivity index is 1.64. The number of anilines is 1. The van der Waals surface area contributed by atoms with E-state index in [2.05, 4.69) is 42.5 Å². The molecule has 150 valence electrons. The number of para-hydroxylation sites is 1. The quantitative estimate of drug-likeness (QED) is 0.270. The van der Waals surface area contributed by atoms with Crippen LogP contribution in [0, 0.1) is 5.82 Å². The molecule has 0 aliphatic heterocycles. The summed E-state index contributed by atoms with van der Waals surface area (Å²) < 4.78 is 16.1. The van der Waals surface area contributed by atoms with Gasteiger partial charge in [-0.2, -0.15) is 0 Å². The van der Waals surface area contributed by atoms with Gasteiger partial charge in [-0.15, -0.1) is 11.3 Å². The summed E-state index contributed by atoms with van der Waals surface area (Å²) in [7, 11) is 0. The lowest BCUT2D eigenvalue weighted by Crippen LogP contribution is -2.34. The predicted molar refractivity (Wildman–Crippen MR) is 131 cm³/mol. The highest BCUT2D eigenvalue weighted by Gasteiger charge is 2.17. The Labute approximate surface area is 197 Å². The minimum atomic E-state index is -0.498. The van der Waals surface area contributed by atoms with Crippen molar-refractivity contribution in [2.24, 2.45) is 0 Å². The Bertz CT molecular complexity index is 1260. The fourth-order valence-electron chi connectivity index (χ4n) is 2.81. The lowest BCUT2D eigenvalue weighted by Gasteiger charge is -2.15. The zero-order valence-electron chi connectivity index (χ0n) is 15.1. The number of amides is 1. The van der Waals surface area contributed by atoms with Gasteiger partial charge in [0.1, 0.15) is 10.8 Å². The average Bonchev–Trinajstić information content (AvgIpc) is 3.14. The number of carbonyl (C=O) groups is 1. The highest BCUT2D eigenvalue weighted by Crippen LogP contribution is 2.40. The van der Waals surface area contributed by atoms with E-state index in [0.29, 0.717) is 5.69 Å². The lowest BCUT2D eigenvalue weighted by atomic mass is 10.2. The van der Waals surface area contributed by atoms with Crippen LogP contribution < -0.4 is 10.6 Å². The molecule has 30 heavy (non-hydrogen) atoms. The van der Waals surface area contributed by atoms with Gasteiger partial charge in [0.15, 0.2) is 5.11 Å². The first kappa shape index (κ1) is 21.0. The summed E-state index contributed by atoms with van der Waals surface area (Å²) in [5.74, 6) is -0.989. The zero-order chi connectivity index (χ0) is 21.3. The van der Waals surface area contributed by atoms with Crippen molar-refractivity contribution in [3.05, 3.63) is 81.0 Å². The predicted octanol–water partition coefficient (Wildman–Crippen LogP) is 6.75. The monoisotopic (exact) mass is 563 g/mol. The van der Waals surface area contributed by atoms with Gasteiger partial charge in [0, 0.05) is 20.1 Å². The number of rotatable bonds is 3. The van der Waals surface area contributed by atoms with Crippen molar-refractivity contribution >= 4 is 82.3 Å². The number of aromatic nitrogens is 1. The molecule has 1 aromatic heterocycles. The van der Waals surface area contributed by atoms with Crippen LogP contribution in [-0.2, 0) is 0 Å².